The molecule has 280 valence electrons. The summed E-state index contributed by atoms with van der Waals surface area (Å²) >= 11 is 0. The molecule has 1 aromatic carbocycles. The van der Waals surface area contributed by atoms with Crippen LogP contribution in [0.25, 0.3) is 20.9 Å². The lowest BCUT2D eigenvalue weighted by atomic mass is 9.97. The molecule has 0 spiro atoms. The summed E-state index contributed by atoms with van der Waals surface area (Å²) in [6.45, 7) is 11.0. The lowest BCUT2D eigenvalue weighted by Crippen LogP contribution is -2.45. The SMILES string of the molecule is COC(CC(C)C[C@H](N=[N+]=[N-])C(=O)N1C(=O)OC[C@@H]1Cc1ccccc1)OC.COC(CC(C)C[C@H](N=[N+]=[N-])C(=O)OCC[Si](C)(C)C)OC. The largest absolute Gasteiger partial charge is 0.466 e. The predicted molar refractivity (Wildman–Crippen MR) is 190 cm³/mol. The third kappa shape index (κ3) is 16.8. The van der Waals surface area contributed by atoms with Crippen molar-refractivity contribution in [3.05, 3.63) is 56.8 Å². The maximum Gasteiger partial charge on any atom is 0.416 e. The number of methoxy groups -OCH3 is 4. The van der Waals surface area contributed by atoms with Crippen molar-refractivity contribution in [1.29, 1.82) is 0 Å². The Bertz CT molecular complexity index is 1270. The van der Waals surface area contributed by atoms with Gasteiger partial charge in [0.05, 0.1) is 12.6 Å². The Balaban J connectivity index is 0.000000517. The molecule has 1 aliphatic rings. The van der Waals surface area contributed by atoms with E-state index in [2.05, 4.69) is 39.7 Å². The van der Waals surface area contributed by atoms with Gasteiger partial charge >= 0.3 is 12.1 Å². The van der Waals surface area contributed by atoms with Crippen LogP contribution in [0.1, 0.15) is 45.1 Å². The number of azide groups is 2. The fraction of sp³-hybridized carbons (Fsp3) is 0.727. The van der Waals surface area contributed by atoms with Crippen molar-refractivity contribution in [3.8, 4) is 0 Å². The van der Waals surface area contributed by atoms with Crippen LogP contribution in [0.2, 0.25) is 25.7 Å². The molecule has 16 nitrogen and oxygen atoms in total. The highest BCUT2D eigenvalue weighted by Gasteiger charge is 2.41. The highest BCUT2D eigenvalue weighted by atomic mass is 28.3. The van der Waals surface area contributed by atoms with Crippen molar-refractivity contribution in [2.75, 3.05) is 41.7 Å². The fourth-order valence-electron chi connectivity index (χ4n) is 5.18. The highest BCUT2D eigenvalue weighted by Crippen LogP contribution is 2.24. The van der Waals surface area contributed by atoms with Gasteiger partial charge in [-0.2, -0.15) is 0 Å². The van der Waals surface area contributed by atoms with Crippen LogP contribution in [-0.2, 0) is 44.4 Å². The molecule has 1 fully saturated rings. The Morgan fingerprint density at radius 2 is 1.38 bits per heavy atom. The molecule has 2 rings (SSSR count). The minimum atomic E-state index is -1.25. The van der Waals surface area contributed by atoms with Crippen LogP contribution in [-0.4, -0.2) is 103 Å². The zero-order valence-electron chi connectivity index (χ0n) is 30.9. The number of ether oxygens (including phenoxy) is 6. The van der Waals surface area contributed by atoms with E-state index in [0.29, 0.717) is 32.3 Å². The molecule has 0 bridgehead atoms. The number of hydrogen-bond donors (Lipinski definition) is 0. The Labute approximate surface area is 296 Å². The van der Waals surface area contributed by atoms with Crippen LogP contribution >= 0.6 is 0 Å². The summed E-state index contributed by atoms with van der Waals surface area (Å²) in [5.74, 6) is -0.922. The van der Waals surface area contributed by atoms with E-state index in [1.807, 2.05) is 44.2 Å². The van der Waals surface area contributed by atoms with E-state index < -0.39 is 50.5 Å². The minimum absolute atomic E-state index is 0.0319. The van der Waals surface area contributed by atoms with Crippen LogP contribution in [0.15, 0.2) is 40.6 Å². The number of amides is 2. The normalized spacial score (nSPS) is 16.7. The number of hydrogen-bond acceptors (Lipinski definition) is 11. The Morgan fingerprint density at radius 3 is 1.86 bits per heavy atom. The second-order valence-electron chi connectivity index (χ2n) is 13.5. The summed E-state index contributed by atoms with van der Waals surface area (Å²) in [5, 5.41) is 7.22. The topological polar surface area (TPSA) is 207 Å². The van der Waals surface area contributed by atoms with Gasteiger partial charge in [0.1, 0.15) is 18.7 Å². The van der Waals surface area contributed by atoms with E-state index >= 15 is 0 Å². The zero-order valence-corrected chi connectivity index (χ0v) is 31.9. The zero-order chi connectivity index (χ0) is 37.7. The predicted octanol–water partition coefficient (Wildman–Crippen LogP) is 6.87. The Hall–Kier alpha value is -3.69. The Kier molecular flexibility index (Phi) is 21.0. The van der Waals surface area contributed by atoms with Crippen LogP contribution in [0.4, 0.5) is 4.79 Å². The van der Waals surface area contributed by atoms with Crippen molar-refractivity contribution < 1.29 is 42.8 Å². The summed E-state index contributed by atoms with van der Waals surface area (Å²) in [7, 11) is 4.94. The van der Waals surface area contributed by atoms with Crippen molar-refractivity contribution in [2.24, 2.45) is 22.1 Å². The van der Waals surface area contributed by atoms with Gasteiger partial charge in [-0.05, 0) is 53.8 Å². The molecule has 1 heterocycles. The molecule has 2 amide bonds. The molecule has 2 unspecified atom stereocenters. The van der Waals surface area contributed by atoms with Gasteiger partial charge in [-0.3, -0.25) is 9.59 Å². The smallest absolute Gasteiger partial charge is 0.416 e. The van der Waals surface area contributed by atoms with Crippen molar-refractivity contribution in [3.63, 3.8) is 0 Å². The van der Waals surface area contributed by atoms with Gasteiger partial charge in [0.25, 0.3) is 0 Å². The molecule has 0 N–H and O–H groups in total. The second kappa shape index (κ2) is 23.7. The third-order valence-electron chi connectivity index (χ3n) is 8.04. The number of cyclic esters (lactones) is 1. The van der Waals surface area contributed by atoms with Crippen LogP contribution in [0.5, 0.6) is 0 Å². The molecule has 17 heteroatoms. The molecule has 1 saturated heterocycles. The number of esters is 1. The van der Waals surface area contributed by atoms with Crippen molar-refractivity contribution in [1.82, 2.24) is 4.90 Å². The maximum atomic E-state index is 13.0. The highest BCUT2D eigenvalue weighted by molar-refractivity contribution is 6.76. The van der Waals surface area contributed by atoms with Gasteiger partial charge in [0, 0.05) is 59.2 Å². The van der Waals surface area contributed by atoms with Gasteiger partial charge in [-0.25, -0.2) is 9.69 Å². The fourth-order valence-corrected chi connectivity index (χ4v) is 5.90. The number of nitrogens with zero attached hydrogens (tertiary/aromatic N) is 7. The molecular weight excluding hydrogens is 666 g/mol. The van der Waals surface area contributed by atoms with E-state index in [-0.39, 0.29) is 31.2 Å². The number of imide groups is 1. The molecule has 0 aromatic heterocycles. The van der Waals surface area contributed by atoms with E-state index in [1.54, 1.807) is 14.2 Å². The van der Waals surface area contributed by atoms with Gasteiger partial charge in [0.15, 0.2) is 12.6 Å². The molecular formula is C33H55N7O9Si. The number of carbonyl (C=O) groups excluding carboxylic acids is 3. The average molecular weight is 722 g/mol. The number of rotatable bonds is 21. The monoisotopic (exact) mass is 721 g/mol. The van der Waals surface area contributed by atoms with Crippen molar-refractivity contribution >= 4 is 26.0 Å². The molecule has 0 saturated carbocycles. The van der Waals surface area contributed by atoms with Crippen LogP contribution in [0, 0.1) is 11.8 Å². The first-order valence-corrected chi connectivity index (χ1v) is 20.3. The molecule has 0 radical (unpaired) electrons. The Morgan fingerprint density at radius 1 is 0.880 bits per heavy atom. The standard InChI is InChI=1S/C19H26N4O5.C14H29N3O4Si/c1-13(10-17(26-2)27-3)9-16(21-22-20)18(24)23-15(12-28-19(23)25)11-14-7-5-4-6-8-14;1-11(10-13(19-2)20-3)9-12(16-17-15)14(18)21-7-8-22(4,5)6/h4-8,13,15-17H,9-12H2,1-3H3;11-13H,7-10H2,1-6H3/t13?,15-,16-;11?,12-/m00/s1. The maximum absolute atomic E-state index is 13.0. The van der Waals surface area contributed by atoms with E-state index in [0.717, 1.165) is 16.5 Å². The minimum Gasteiger partial charge on any atom is -0.466 e. The third-order valence-corrected chi connectivity index (χ3v) is 9.74. The lowest BCUT2D eigenvalue weighted by Gasteiger charge is -2.25. The van der Waals surface area contributed by atoms with E-state index in [1.165, 1.54) is 14.2 Å². The summed E-state index contributed by atoms with van der Waals surface area (Å²) < 4.78 is 31.0. The molecule has 50 heavy (non-hydrogen) atoms. The van der Waals surface area contributed by atoms with Crippen LogP contribution < -0.4 is 0 Å². The summed E-state index contributed by atoms with van der Waals surface area (Å²) in [4.78, 5) is 43.9. The lowest BCUT2D eigenvalue weighted by molar-refractivity contribution is -0.145. The summed E-state index contributed by atoms with van der Waals surface area (Å²) in [6, 6.07) is 8.20. The average Bonchev–Trinajstić information content (AvgIpc) is 3.44. The van der Waals surface area contributed by atoms with Gasteiger partial charge in [0.2, 0.25) is 5.91 Å². The molecule has 0 aliphatic carbocycles. The van der Waals surface area contributed by atoms with Gasteiger partial charge in [-0.1, -0.05) is 74.0 Å². The van der Waals surface area contributed by atoms with Crippen LogP contribution in [0.3, 0.4) is 0 Å². The molecule has 1 aromatic rings. The van der Waals surface area contributed by atoms with Gasteiger partial charge < -0.3 is 28.4 Å². The second-order valence-corrected chi connectivity index (χ2v) is 19.1. The summed E-state index contributed by atoms with van der Waals surface area (Å²) in [6.07, 6.45) is 0.856. The first kappa shape index (κ1) is 44.3. The van der Waals surface area contributed by atoms with E-state index in [4.69, 9.17) is 39.5 Å². The van der Waals surface area contributed by atoms with Gasteiger partial charge in [-0.15, -0.1) is 0 Å². The van der Waals surface area contributed by atoms with E-state index in [9.17, 15) is 14.4 Å². The first-order valence-electron chi connectivity index (χ1n) is 16.6. The quantitative estimate of drug-likeness (QED) is 0.0323. The number of carbonyl (C=O) groups is 3. The first-order chi connectivity index (χ1) is 23.7. The molecule has 5 atom stereocenters. The summed E-state index contributed by atoms with van der Waals surface area (Å²) in [5.41, 5.74) is 18.5. The number of benzene rings is 1. The van der Waals surface area contributed by atoms with Crippen molar-refractivity contribution in [2.45, 2.75) is 102 Å². The molecule has 1 aliphatic heterocycles.